The molecule has 2 aliphatic rings. The van der Waals surface area contributed by atoms with Crippen LogP contribution >= 0.6 is 0 Å². The molecule has 0 heteroatoms. The molecule has 0 nitrogen and oxygen atoms in total. The summed E-state index contributed by atoms with van der Waals surface area (Å²) in [6.45, 7) is 9.47. The summed E-state index contributed by atoms with van der Waals surface area (Å²) in [7, 11) is 0. The lowest BCUT2D eigenvalue weighted by atomic mass is 9.80. The SMILES string of the molecule is CC1(C)c2ccccc2-c2ccc(-c3ccc(-c4c5ccccc5c(-c5ccc6c(c5)C(C)(C)c5ccccc5-6)c5cc(-c6ccccc6)ccc45)cc3)cc21. The zero-order valence-electron chi connectivity index (χ0n) is 32.3. The molecule has 9 aromatic carbocycles. The molecule has 0 amide bonds. The molecule has 56 heavy (non-hydrogen) atoms. The Morgan fingerprint density at radius 1 is 0.250 bits per heavy atom. The molecule has 9 aromatic rings. The molecule has 0 radical (unpaired) electrons. The van der Waals surface area contributed by atoms with Crippen molar-refractivity contribution in [3.63, 3.8) is 0 Å². The van der Waals surface area contributed by atoms with Crippen molar-refractivity contribution in [1.82, 2.24) is 0 Å². The van der Waals surface area contributed by atoms with Gasteiger partial charge >= 0.3 is 0 Å². The molecular formula is C56H42. The van der Waals surface area contributed by atoms with Gasteiger partial charge in [-0.3, -0.25) is 0 Å². The standard InChI is InChI=1S/C56H42/c1-55(2)49-20-12-10-16-41(49)43-29-26-39(33-51(43)55)36-22-24-37(25-23-36)53-45-18-8-9-19-46(45)54(48-32-38(27-31-47(48)53)35-14-6-5-7-15-35)40-28-30-44-42-17-11-13-21-50(42)56(3,4)52(44)34-40/h5-34H,1-4H3. The van der Waals surface area contributed by atoms with Gasteiger partial charge < -0.3 is 0 Å². The van der Waals surface area contributed by atoms with Crippen LogP contribution in [0.4, 0.5) is 0 Å². The van der Waals surface area contributed by atoms with Gasteiger partial charge in [-0.15, -0.1) is 0 Å². The van der Waals surface area contributed by atoms with Gasteiger partial charge in [0.25, 0.3) is 0 Å². The first-order chi connectivity index (χ1) is 27.3. The van der Waals surface area contributed by atoms with Crippen LogP contribution in [0, 0.1) is 0 Å². The molecule has 0 heterocycles. The molecule has 266 valence electrons. The summed E-state index contributed by atoms with van der Waals surface area (Å²) in [5.41, 5.74) is 20.9. The molecule has 11 rings (SSSR count). The van der Waals surface area contributed by atoms with Crippen LogP contribution in [0.5, 0.6) is 0 Å². The summed E-state index contributed by atoms with van der Waals surface area (Å²) < 4.78 is 0. The smallest absolute Gasteiger partial charge is 0.0159 e. The van der Waals surface area contributed by atoms with E-state index in [1.54, 1.807) is 0 Å². The van der Waals surface area contributed by atoms with E-state index in [9.17, 15) is 0 Å². The van der Waals surface area contributed by atoms with Crippen molar-refractivity contribution in [3.8, 4) is 66.8 Å². The summed E-state index contributed by atoms with van der Waals surface area (Å²) in [6.07, 6.45) is 0. The Morgan fingerprint density at radius 3 is 1.27 bits per heavy atom. The Balaban J connectivity index is 1.10. The third-order valence-electron chi connectivity index (χ3n) is 13.1. The molecule has 0 atom stereocenters. The summed E-state index contributed by atoms with van der Waals surface area (Å²) in [5, 5.41) is 5.09. The minimum atomic E-state index is -0.0804. The van der Waals surface area contributed by atoms with E-state index in [4.69, 9.17) is 0 Å². The first-order valence-electron chi connectivity index (χ1n) is 19.9. The van der Waals surface area contributed by atoms with E-state index in [2.05, 4.69) is 210 Å². The third kappa shape index (κ3) is 4.72. The van der Waals surface area contributed by atoms with Crippen LogP contribution in [0.15, 0.2) is 182 Å². The Hall–Kier alpha value is -6.50. The van der Waals surface area contributed by atoms with E-state index in [0.29, 0.717) is 0 Å². The highest BCUT2D eigenvalue weighted by Crippen LogP contribution is 2.52. The fraction of sp³-hybridized carbons (Fsp3) is 0.107. The van der Waals surface area contributed by atoms with E-state index in [0.717, 1.165) is 0 Å². The molecule has 0 aromatic heterocycles. The Kier molecular flexibility index (Phi) is 7.05. The van der Waals surface area contributed by atoms with Gasteiger partial charge in [0.05, 0.1) is 0 Å². The van der Waals surface area contributed by atoms with Crippen LogP contribution < -0.4 is 0 Å². The number of hydrogen-bond donors (Lipinski definition) is 0. The molecule has 0 saturated carbocycles. The average Bonchev–Trinajstić information content (AvgIpc) is 3.62. The van der Waals surface area contributed by atoms with Crippen molar-refractivity contribution >= 4 is 21.5 Å². The van der Waals surface area contributed by atoms with E-state index in [-0.39, 0.29) is 10.8 Å². The maximum atomic E-state index is 2.48. The number of benzene rings is 9. The second-order valence-corrected chi connectivity index (χ2v) is 16.9. The van der Waals surface area contributed by atoms with Gasteiger partial charge in [0.2, 0.25) is 0 Å². The normalized spacial score (nSPS) is 14.4. The highest BCUT2D eigenvalue weighted by molar-refractivity contribution is 6.22. The number of rotatable bonds is 4. The largest absolute Gasteiger partial charge is 0.0622 e. The molecule has 0 spiro atoms. The van der Waals surface area contributed by atoms with Crippen LogP contribution in [0.1, 0.15) is 49.9 Å². The van der Waals surface area contributed by atoms with Gasteiger partial charge in [-0.25, -0.2) is 0 Å². The maximum absolute atomic E-state index is 2.48. The Morgan fingerprint density at radius 2 is 0.643 bits per heavy atom. The van der Waals surface area contributed by atoms with Crippen molar-refractivity contribution in [2.45, 2.75) is 38.5 Å². The predicted molar refractivity (Wildman–Crippen MR) is 238 cm³/mol. The average molecular weight is 715 g/mol. The quantitative estimate of drug-likeness (QED) is 0.159. The lowest BCUT2D eigenvalue weighted by molar-refractivity contribution is 0.660. The molecule has 0 unspecified atom stereocenters. The summed E-state index contributed by atoms with van der Waals surface area (Å²) in [4.78, 5) is 0. The maximum Gasteiger partial charge on any atom is 0.0159 e. The van der Waals surface area contributed by atoms with E-state index in [1.165, 1.54) is 111 Å². The van der Waals surface area contributed by atoms with Crippen molar-refractivity contribution in [1.29, 1.82) is 0 Å². The highest BCUT2D eigenvalue weighted by atomic mass is 14.4. The van der Waals surface area contributed by atoms with E-state index >= 15 is 0 Å². The van der Waals surface area contributed by atoms with Crippen molar-refractivity contribution < 1.29 is 0 Å². The summed E-state index contributed by atoms with van der Waals surface area (Å²) in [6, 6.07) is 68.3. The first-order valence-corrected chi connectivity index (χ1v) is 19.9. The monoisotopic (exact) mass is 714 g/mol. The van der Waals surface area contributed by atoms with Gasteiger partial charge in [0.15, 0.2) is 0 Å². The molecule has 2 aliphatic carbocycles. The molecular weight excluding hydrogens is 673 g/mol. The van der Waals surface area contributed by atoms with E-state index < -0.39 is 0 Å². The number of hydrogen-bond acceptors (Lipinski definition) is 0. The topological polar surface area (TPSA) is 0 Å². The minimum Gasteiger partial charge on any atom is -0.0622 e. The molecule has 0 fully saturated rings. The highest BCUT2D eigenvalue weighted by Gasteiger charge is 2.36. The number of fused-ring (bicyclic) bond motifs is 8. The minimum absolute atomic E-state index is 0.0291. The lowest BCUT2D eigenvalue weighted by Gasteiger charge is -2.23. The van der Waals surface area contributed by atoms with Crippen LogP contribution in [-0.2, 0) is 10.8 Å². The molecule has 0 bridgehead atoms. The van der Waals surface area contributed by atoms with Crippen molar-refractivity contribution in [3.05, 3.63) is 204 Å². The Labute approximate surface area is 329 Å². The van der Waals surface area contributed by atoms with Crippen molar-refractivity contribution in [2.24, 2.45) is 0 Å². The zero-order valence-corrected chi connectivity index (χ0v) is 32.3. The van der Waals surface area contributed by atoms with Crippen molar-refractivity contribution in [2.75, 3.05) is 0 Å². The zero-order chi connectivity index (χ0) is 37.8. The van der Waals surface area contributed by atoms with Gasteiger partial charge in [0.1, 0.15) is 0 Å². The summed E-state index contributed by atoms with van der Waals surface area (Å²) >= 11 is 0. The fourth-order valence-electron chi connectivity index (χ4n) is 10.2. The van der Waals surface area contributed by atoms with Crippen LogP contribution in [-0.4, -0.2) is 0 Å². The molecule has 0 saturated heterocycles. The molecule has 0 aliphatic heterocycles. The third-order valence-corrected chi connectivity index (χ3v) is 13.1. The second kappa shape index (κ2) is 12.0. The van der Waals surface area contributed by atoms with Crippen LogP contribution in [0.2, 0.25) is 0 Å². The van der Waals surface area contributed by atoms with Gasteiger partial charge in [-0.05, 0) is 129 Å². The predicted octanol–water partition coefficient (Wildman–Crippen LogP) is 15.3. The van der Waals surface area contributed by atoms with Gasteiger partial charge in [-0.2, -0.15) is 0 Å². The van der Waals surface area contributed by atoms with E-state index in [1.807, 2.05) is 0 Å². The summed E-state index contributed by atoms with van der Waals surface area (Å²) in [5.74, 6) is 0. The fourth-order valence-corrected chi connectivity index (χ4v) is 10.2. The van der Waals surface area contributed by atoms with Crippen LogP contribution in [0.3, 0.4) is 0 Å². The van der Waals surface area contributed by atoms with Gasteiger partial charge in [0, 0.05) is 10.8 Å². The second-order valence-electron chi connectivity index (χ2n) is 16.9. The first kappa shape index (κ1) is 32.9. The lowest BCUT2D eigenvalue weighted by Crippen LogP contribution is -2.14. The molecule has 0 N–H and O–H groups in total. The Bertz CT molecular complexity index is 3050. The van der Waals surface area contributed by atoms with Gasteiger partial charge in [-0.1, -0.05) is 191 Å². The van der Waals surface area contributed by atoms with Crippen LogP contribution in [0.25, 0.3) is 88.3 Å².